The lowest BCUT2D eigenvalue weighted by atomic mass is 10.1. The highest BCUT2D eigenvalue weighted by Gasteiger charge is 2.21. The number of carbonyl (C=O) groups is 1. The highest BCUT2D eigenvalue weighted by atomic mass is 16.5. The predicted octanol–water partition coefficient (Wildman–Crippen LogP) is 1.59. The molecule has 0 spiro atoms. The van der Waals surface area contributed by atoms with Crippen molar-refractivity contribution in [2.45, 2.75) is 26.6 Å². The first-order valence-corrected chi connectivity index (χ1v) is 5.98. The molecule has 1 aromatic carbocycles. The van der Waals surface area contributed by atoms with E-state index in [0.29, 0.717) is 30.4 Å². The van der Waals surface area contributed by atoms with Crippen molar-refractivity contribution in [3.63, 3.8) is 0 Å². The summed E-state index contributed by atoms with van der Waals surface area (Å²) in [5, 5.41) is 12.7. The molecule has 1 aromatic heterocycles. The Morgan fingerprint density at radius 3 is 2.89 bits per heavy atom. The van der Waals surface area contributed by atoms with Crippen LogP contribution in [0, 0.1) is 6.92 Å². The number of aromatic nitrogens is 2. The zero-order valence-electron chi connectivity index (χ0n) is 10.5. The first kappa shape index (κ1) is 11.9. The zero-order valence-corrected chi connectivity index (χ0v) is 10.5. The molecule has 0 saturated carbocycles. The Balaban J connectivity index is 1.75. The number of hydrogen-bond acceptors (Lipinski definition) is 5. The normalized spacial score (nSPS) is 14.6. The highest BCUT2D eigenvalue weighted by Crippen LogP contribution is 2.25. The number of benzene rings is 1. The van der Waals surface area contributed by atoms with Gasteiger partial charge in [0.15, 0.2) is 5.82 Å². The van der Waals surface area contributed by atoms with Crippen molar-refractivity contribution >= 4 is 5.97 Å². The van der Waals surface area contributed by atoms with Gasteiger partial charge in [-0.15, -0.1) is 0 Å². The van der Waals surface area contributed by atoms with Crippen LogP contribution in [0.4, 0.5) is 0 Å². The van der Waals surface area contributed by atoms with Crippen LogP contribution in [-0.4, -0.2) is 26.1 Å². The van der Waals surface area contributed by atoms with E-state index in [2.05, 4.69) is 15.0 Å². The Bertz CT molecular complexity index is 636. The molecule has 0 bridgehead atoms. The first-order valence-electron chi connectivity index (χ1n) is 5.98. The van der Waals surface area contributed by atoms with Crippen LogP contribution in [0.3, 0.4) is 0 Å². The summed E-state index contributed by atoms with van der Waals surface area (Å²) in [6.07, 6.45) is 0. The van der Waals surface area contributed by atoms with Gasteiger partial charge >= 0.3 is 5.97 Å². The molecule has 0 atom stereocenters. The van der Waals surface area contributed by atoms with Gasteiger partial charge in [-0.3, -0.25) is 4.90 Å². The lowest BCUT2D eigenvalue weighted by Crippen LogP contribution is -2.15. The van der Waals surface area contributed by atoms with E-state index in [-0.39, 0.29) is 0 Å². The number of aryl methyl sites for hydroxylation is 1. The molecule has 1 N–H and O–H groups in total. The third-order valence-corrected chi connectivity index (χ3v) is 3.17. The molecule has 0 aliphatic carbocycles. The predicted molar refractivity (Wildman–Crippen MR) is 65.4 cm³/mol. The minimum atomic E-state index is -0.895. The van der Waals surface area contributed by atoms with E-state index in [1.807, 2.05) is 6.07 Å². The maximum atomic E-state index is 10.9. The number of rotatable bonds is 3. The minimum Gasteiger partial charge on any atom is -0.478 e. The van der Waals surface area contributed by atoms with Gasteiger partial charge in [-0.05, 0) is 30.2 Å². The SMILES string of the molecule is Cc1noc(CN2Cc3ccc(C(=O)O)cc3C2)n1. The molecule has 0 amide bonds. The number of nitrogens with zero attached hydrogens (tertiary/aromatic N) is 3. The maximum absolute atomic E-state index is 10.9. The third kappa shape index (κ3) is 2.34. The van der Waals surface area contributed by atoms with Crippen LogP contribution in [0.5, 0.6) is 0 Å². The molecule has 3 rings (SSSR count). The van der Waals surface area contributed by atoms with Gasteiger partial charge in [0.1, 0.15) is 0 Å². The molecule has 0 fully saturated rings. The van der Waals surface area contributed by atoms with Crippen LogP contribution in [0.1, 0.15) is 33.2 Å². The molecule has 6 heteroatoms. The van der Waals surface area contributed by atoms with Crippen LogP contribution in [0.2, 0.25) is 0 Å². The number of carboxylic acid groups (broad SMARTS) is 1. The molecule has 0 unspecified atom stereocenters. The van der Waals surface area contributed by atoms with Crippen molar-refractivity contribution in [1.29, 1.82) is 0 Å². The number of carboxylic acids is 1. The van der Waals surface area contributed by atoms with Gasteiger partial charge < -0.3 is 9.63 Å². The van der Waals surface area contributed by atoms with Gasteiger partial charge in [0.25, 0.3) is 0 Å². The maximum Gasteiger partial charge on any atom is 0.335 e. The van der Waals surface area contributed by atoms with E-state index in [1.165, 1.54) is 0 Å². The van der Waals surface area contributed by atoms with Crippen molar-refractivity contribution in [3.8, 4) is 0 Å². The van der Waals surface area contributed by atoms with Crippen molar-refractivity contribution in [2.75, 3.05) is 0 Å². The Kier molecular flexibility index (Phi) is 2.79. The largest absolute Gasteiger partial charge is 0.478 e. The standard InChI is InChI=1S/C13H13N3O3/c1-8-14-12(19-15-8)7-16-5-10-3-2-9(13(17)18)4-11(10)6-16/h2-4H,5-7H2,1H3,(H,17,18). The van der Waals surface area contributed by atoms with E-state index in [9.17, 15) is 4.79 Å². The molecule has 98 valence electrons. The van der Waals surface area contributed by atoms with E-state index < -0.39 is 5.97 Å². The van der Waals surface area contributed by atoms with Crippen LogP contribution in [0.15, 0.2) is 22.7 Å². The van der Waals surface area contributed by atoms with Crippen molar-refractivity contribution in [2.24, 2.45) is 0 Å². The number of hydrogen-bond donors (Lipinski definition) is 1. The second-order valence-corrected chi connectivity index (χ2v) is 4.67. The molecule has 1 aliphatic heterocycles. The summed E-state index contributed by atoms with van der Waals surface area (Å²) in [5.41, 5.74) is 2.53. The fourth-order valence-electron chi connectivity index (χ4n) is 2.31. The van der Waals surface area contributed by atoms with Gasteiger partial charge in [0.05, 0.1) is 12.1 Å². The first-order chi connectivity index (χ1) is 9.11. The van der Waals surface area contributed by atoms with Crippen LogP contribution < -0.4 is 0 Å². The quantitative estimate of drug-likeness (QED) is 0.901. The van der Waals surface area contributed by atoms with E-state index in [4.69, 9.17) is 9.63 Å². The summed E-state index contributed by atoms with van der Waals surface area (Å²) in [7, 11) is 0. The van der Waals surface area contributed by atoms with E-state index in [0.717, 1.165) is 17.7 Å². The minimum absolute atomic E-state index is 0.328. The second-order valence-electron chi connectivity index (χ2n) is 4.67. The van der Waals surface area contributed by atoms with E-state index >= 15 is 0 Å². The van der Waals surface area contributed by atoms with Crippen molar-refractivity contribution < 1.29 is 14.4 Å². The van der Waals surface area contributed by atoms with Gasteiger partial charge in [0.2, 0.25) is 5.89 Å². The molecular formula is C13H13N3O3. The molecule has 0 saturated heterocycles. The topological polar surface area (TPSA) is 79.5 Å². The van der Waals surface area contributed by atoms with Gasteiger partial charge in [-0.2, -0.15) is 4.98 Å². The molecule has 1 aliphatic rings. The number of fused-ring (bicyclic) bond motifs is 1. The molecule has 2 heterocycles. The lowest BCUT2D eigenvalue weighted by molar-refractivity contribution is 0.0696. The summed E-state index contributed by atoms with van der Waals surface area (Å²) in [6, 6.07) is 5.25. The van der Waals surface area contributed by atoms with Crippen molar-refractivity contribution in [1.82, 2.24) is 15.0 Å². The third-order valence-electron chi connectivity index (χ3n) is 3.17. The van der Waals surface area contributed by atoms with Gasteiger partial charge in [-0.25, -0.2) is 4.79 Å². The van der Waals surface area contributed by atoms with Crippen molar-refractivity contribution in [3.05, 3.63) is 46.6 Å². The number of aromatic carboxylic acids is 1. The summed E-state index contributed by atoms with van der Waals surface area (Å²) in [4.78, 5) is 17.2. The summed E-state index contributed by atoms with van der Waals surface area (Å²) in [6.45, 7) is 3.84. The fraction of sp³-hybridized carbons (Fsp3) is 0.308. The monoisotopic (exact) mass is 259 g/mol. The summed E-state index contributed by atoms with van der Waals surface area (Å²) < 4.78 is 5.09. The van der Waals surface area contributed by atoms with Crippen LogP contribution in [-0.2, 0) is 19.6 Å². The second kappa shape index (κ2) is 4.47. The molecule has 6 nitrogen and oxygen atoms in total. The van der Waals surface area contributed by atoms with Crippen LogP contribution in [0.25, 0.3) is 0 Å². The zero-order chi connectivity index (χ0) is 13.4. The molecular weight excluding hydrogens is 246 g/mol. The van der Waals surface area contributed by atoms with Crippen LogP contribution >= 0.6 is 0 Å². The van der Waals surface area contributed by atoms with E-state index in [1.54, 1.807) is 19.1 Å². The average Bonchev–Trinajstić information content (AvgIpc) is 2.94. The summed E-state index contributed by atoms with van der Waals surface area (Å²) in [5.74, 6) is 0.317. The smallest absolute Gasteiger partial charge is 0.335 e. The summed E-state index contributed by atoms with van der Waals surface area (Å²) >= 11 is 0. The average molecular weight is 259 g/mol. The molecule has 0 radical (unpaired) electrons. The lowest BCUT2D eigenvalue weighted by Gasteiger charge is -2.10. The fourth-order valence-corrected chi connectivity index (χ4v) is 2.31. The van der Waals surface area contributed by atoms with Gasteiger partial charge in [-0.1, -0.05) is 11.2 Å². The Labute approximate surface area is 109 Å². The van der Waals surface area contributed by atoms with Gasteiger partial charge in [0, 0.05) is 13.1 Å². The Morgan fingerprint density at radius 1 is 1.42 bits per heavy atom. The Morgan fingerprint density at radius 2 is 2.21 bits per heavy atom. The highest BCUT2D eigenvalue weighted by molar-refractivity contribution is 5.87. The Hall–Kier alpha value is -2.21. The molecule has 2 aromatic rings. The molecule has 19 heavy (non-hydrogen) atoms.